The molecule has 0 aliphatic carbocycles. The van der Waals surface area contributed by atoms with Gasteiger partial charge in [0.05, 0.1) is 18.9 Å². The van der Waals surface area contributed by atoms with E-state index in [4.69, 9.17) is 4.74 Å². The maximum absolute atomic E-state index is 12.0. The highest BCUT2D eigenvalue weighted by atomic mass is 16.5. The fraction of sp³-hybridized carbons (Fsp3) is 0.167. The molecular formula is C12H13N3O3. The molecule has 2 rings (SSSR count). The molecule has 1 heterocycles. The molecule has 0 atom stereocenters. The number of para-hydroxylation sites is 1. The van der Waals surface area contributed by atoms with Gasteiger partial charge in [-0.05, 0) is 12.1 Å². The molecule has 0 aliphatic heterocycles. The number of benzene rings is 1. The Morgan fingerprint density at radius 2 is 2.22 bits per heavy atom. The van der Waals surface area contributed by atoms with Crippen LogP contribution in [0.25, 0.3) is 0 Å². The first-order chi connectivity index (χ1) is 8.63. The fourth-order valence-corrected chi connectivity index (χ4v) is 1.55. The summed E-state index contributed by atoms with van der Waals surface area (Å²) in [5.41, 5.74) is 0.149. The van der Waals surface area contributed by atoms with Gasteiger partial charge in [-0.3, -0.25) is 9.48 Å². The van der Waals surface area contributed by atoms with Crippen LogP contribution in [0.1, 0.15) is 10.4 Å². The number of methoxy groups -OCH3 is 1. The minimum Gasteiger partial charge on any atom is -0.504 e. The maximum Gasteiger partial charge on any atom is 0.260 e. The molecule has 1 aromatic carbocycles. The third kappa shape index (κ3) is 2.13. The van der Waals surface area contributed by atoms with Crippen molar-refractivity contribution in [3.63, 3.8) is 0 Å². The number of hydrogen-bond acceptors (Lipinski definition) is 4. The summed E-state index contributed by atoms with van der Waals surface area (Å²) in [5, 5.41) is 16.4. The molecule has 1 aromatic heterocycles. The van der Waals surface area contributed by atoms with Crippen molar-refractivity contribution in [2.75, 3.05) is 12.4 Å². The number of rotatable bonds is 3. The van der Waals surface area contributed by atoms with Gasteiger partial charge in [-0.2, -0.15) is 5.10 Å². The monoisotopic (exact) mass is 247 g/mol. The second kappa shape index (κ2) is 4.79. The standard InChI is InChI=1S/C12H13N3O3/c1-15-10(6-7-13-15)14-12(17)8-4-3-5-9(18-2)11(8)16/h3-7,16H,1-2H3,(H,14,17). The number of nitrogens with one attached hydrogen (secondary N) is 1. The highest BCUT2D eigenvalue weighted by molar-refractivity contribution is 6.06. The second-order valence-electron chi connectivity index (χ2n) is 3.65. The Morgan fingerprint density at radius 1 is 1.44 bits per heavy atom. The van der Waals surface area contributed by atoms with Crippen molar-refractivity contribution in [2.45, 2.75) is 0 Å². The Bertz CT molecular complexity index is 578. The summed E-state index contributed by atoms with van der Waals surface area (Å²) in [6, 6.07) is 6.39. The Balaban J connectivity index is 2.27. The molecule has 6 heteroatoms. The van der Waals surface area contributed by atoms with Gasteiger partial charge in [0.25, 0.3) is 5.91 Å². The predicted octanol–water partition coefficient (Wildman–Crippen LogP) is 1.39. The van der Waals surface area contributed by atoms with Crippen molar-refractivity contribution in [3.05, 3.63) is 36.0 Å². The van der Waals surface area contributed by atoms with Crippen LogP contribution >= 0.6 is 0 Å². The van der Waals surface area contributed by atoms with E-state index in [1.165, 1.54) is 17.9 Å². The molecule has 0 saturated heterocycles. The smallest absolute Gasteiger partial charge is 0.260 e. The predicted molar refractivity (Wildman–Crippen MR) is 65.8 cm³/mol. The van der Waals surface area contributed by atoms with E-state index in [2.05, 4.69) is 10.4 Å². The number of anilines is 1. The quantitative estimate of drug-likeness (QED) is 0.859. The zero-order valence-corrected chi connectivity index (χ0v) is 10.0. The minimum atomic E-state index is -0.421. The number of phenols is 1. The van der Waals surface area contributed by atoms with Crippen LogP contribution < -0.4 is 10.1 Å². The lowest BCUT2D eigenvalue weighted by Crippen LogP contribution is -2.14. The number of aromatic nitrogens is 2. The lowest BCUT2D eigenvalue weighted by atomic mass is 10.1. The first-order valence-electron chi connectivity index (χ1n) is 5.29. The van der Waals surface area contributed by atoms with Crippen LogP contribution in [0.4, 0.5) is 5.82 Å². The summed E-state index contributed by atoms with van der Waals surface area (Å²) in [6.45, 7) is 0. The van der Waals surface area contributed by atoms with Gasteiger partial charge in [0.1, 0.15) is 5.82 Å². The number of aryl methyl sites for hydroxylation is 1. The van der Waals surface area contributed by atoms with Crippen molar-refractivity contribution >= 4 is 11.7 Å². The Kier molecular flexibility index (Phi) is 3.18. The number of carbonyl (C=O) groups excluding carboxylic acids is 1. The molecule has 0 radical (unpaired) electrons. The first-order valence-corrected chi connectivity index (χ1v) is 5.29. The summed E-state index contributed by atoms with van der Waals surface area (Å²) in [5.74, 6) is 0.199. The van der Waals surface area contributed by atoms with Crippen molar-refractivity contribution in [1.82, 2.24) is 9.78 Å². The number of carbonyl (C=O) groups is 1. The Morgan fingerprint density at radius 3 is 2.83 bits per heavy atom. The summed E-state index contributed by atoms with van der Waals surface area (Å²) in [6.07, 6.45) is 1.57. The van der Waals surface area contributed by atoms with Crippen LogP contribution in [0.5, 0.6) is 11.5 Å². The fourth-order valence-electron chi connectivity index (χ4n) is 1.55. The zero-order valence-electron chi connectivity index (χ0n) is 10.0. The summed E-state index contributed by atoms with van der Waals surface area (Å²) >= 11 is 0. The molecule has 1 amide bonds. The highest BCUT2D eigenvalue weighted by Gasteiger charge is 2.15. The highest BCUT2D eigenvalue weighted by Crippen LogP contribution is 2.29. The first kappa shape index (κ1) is 12.0. The van der Waals surface area contributed by atoms with Crippen LogP contribution in [-0.2, 0) is 7.05 Å². The van der Waals surface area contributed by atoms with Crippen LogP contribution in [0, 0.1) is 0 Å². The van der Waals surface area contributed by atoms with E-state index in [1.54, 1.807) is 31.4 Å². The molecule has 94 valence electrons. The molecule has 6 nitrogen and oxygen atoms in total. The molecule has 0 bridgehead atoms. The third-order valence-electron chi connectivity index (χ3n) is 2.53. The number of aromatic hydroxyl groups is 1. The van der Waals surface area contributed by atoms with Crippen molar-refractivity contribution in [3.8, 4) is 11.5 Å². The average Bonchev–Trinajstić information content (AvgIpc) is 2.75. The van der Waals surface area contributed by atoms with Crippen molar-refractivity contribution in [1.29, 1.82) is 0 Å². The molecule has 0 aliphatic rings. The van der Waals surface area contributed by atoms with Crippen LogP contribution in [0.2, 0.25) is 0 Å². The van der Waals surface area contributed by atoms with Crippen molar-refractivity contribution in [2.24, 2.45) is 7.05 Å². The van der Waals surface area contributed by atoms with Gasteiger partial charge in [-0.1, -0.05) is 6.07 Å². The molecule has 0 spiro atoms. The van der Waals surface area contributed by atoms with E-state index in [-0.39, 0.29) is 17.1 Å². The van der Waals surface area contributed by atoms with Gasteiger partial charge in [-0.25, -0.2) is 0 Å². The molecule has 0 fully saturated rings. The lowest BCUT2D eigenvalue weighted by Gasteiger charge is -2.09. The maximum atomic E-state index is 12.0. The number of amides is 1. The number of hydrogen-bond donors (Lipinski definition) is 2. The summed E-state index contributed by atoms with van der Waals surface area (Å²) in [4.78, 5) is 12.0. The van der Waals surface area contributed by atoms with Gasteiger partial charge in [-0.15, -0.1) is 0 Å². The van der Waals surface area contributed by atoms with Crippen LogP contribution in [0.15, 0.2) is 30.5 Å². The van der Waals surface area contributed by atoms with Crippen molar-refractivity contribution < 1.29 is 14.6 Å². The zero-order chi connectivity index (χ0) is 13.1. The minimum absolute atomic E-state index is 0.149. The molecule has 0 saturated carbocycles. The van der Waals surface area contributed by atoms with Gasteiger partial charge >= 0.3 is 0 Å². The van der Waals surface area contributed by atoms with Gasteiger partial charge < -0.3 is 15.2 Å². The summed E-state index contributed by atoms with van der Waals surface area (Å²) in [7, 11) is 3.14. The van der Waals surface area contributed by atoms with Crippen LogP contribution in [0.3, 0.4) is 0 Å². The molecule has 18 heavy (non-hydrogen) atoms. The van der Waals surface area contributed by atoms with E-state index < -0.39 is 5.91 Å². The lowest BCUT2D eigenvalue weighted by molar-refractivity contribution is 0.102. The third-order valence-corrected chi connectivity index (χ3v) is 2.53. The number of nitrogens with zero attached hydrogens (tertiary/aromatic N) is 2. The molecule has 2 N–H and O–H groups in total. The average molecular weight is 247 g/mol. The molecular weight excluding hydrogens is 234 g/mol. The summed E-state index contributed by atoms with van der Waals surface area (Å²) < 4.78 is 6.47. The van der Waals surface area contributed by atoms with Crippen LogP contribution in [-0.4, -0.2) is 27.9 Å². The van der Waals surface area contributed by atoms with Gasteiger partial charge in [0.2, 0.25) is 0 Å². The van der Waals surface area contributed by atoms with Gasteiger partial charge in [0, 0.05) is 13.1 Å². The van der Waals surface area contributed by atoms with E-state index >= 15 is 0 Å². The number of ether oxygens (including phenoxy) is 1. The number of phenolic OH excluding ortho intramolecular Hbond substituents is 1. The van der Waals surface area contributed by atoms with Gasteiger partial charge in [0.15, 0.2) is 11.5 Å². The Hall–Kier alpha value is -2.50. The topological polar surface area (TPSA) is 76.4 Å². The second-order valence-corrected chi connectivity index (χ2v) is 3.65. The van der Waals surface area contributed by atoms with E-state index in [1.807, 2.05) is 0 Å². The SMILES string of the molecule is COc1cccc(C(=O)Nc2ccnn2C)c1O. The Labute approximate surface area is 104 Å². The van der Waals surface area contributed by atoms with E-state index in [0.29, 0.717) is 5.82 Å². The largest absolute Gasteiger partial charge is 0.504 e. The van der Waals surface area contributed by atoms with E-state index in [0.717, 1.165) is 0 Å². The molecule has 2 aromatic rings. The normalized spacial score (nSPS) is 10.1. The molecule has 0 unspecified atom stereocenters. The van der Waals surface area contributed by atoms with E-state index in [9.17, 15) is 9.90 Å².